The Kier molecular flexibility index (Phi) is 3.68. The first-order chi connectivity index (χ1) is 7.21. The maximum absolute atomic E-state index is 11.2. The fourth-order valence-corrected chi connectivity index (χ4v) is 1.11. The lowest BCUT2D eigenvalue weighted by atomic mass is 10.1. The number of methoxy groups -OCH3 is 1. The molecule has 1 N–H and O–H groups in total. The van der Waals surface area contributed by atoms with Crippen molar-refractivity contribution >= 4 is 11.7 Å². The first-order valence-corrected chi connectivity index (χ1v) is 4.09. The summed E-state index contributed by atoms with van der Waals surface area (Å²) >= 11 is 0. The van der Waals surface area contributed by atoms with E-state index >= 15 is 0 Å². The third kappa shape index (κ3) is 2.70. The van der Waals surface area contributed by atoms with Crippen LogP contribution in [0.5, 0.6) is 0 Å². The highest BCUT2D eigenvalue weighted by Crippen LogP contribution is 2.18. The first kappa shape index (κ1) is 11.0. The Morgan fingerprint density at radius 3 is 2.87 bits per heavy atom. The summed E-state index contributed by atoms with van der Waals surface area (Å²) in [7, 11) is 1.25. The minimum atomic E-state index is -0.542. The van der Waals surface area contributed by atoms with Gasteiger partial charge in [-0.2, -0.15) is 0 Å². The van der Waals surface area contributed by atoms with Crippen LogP contribution in [0, 0.1) is 0 Å². The molecule has 0 radical (unpaired) electrons. The summed E-state index contributed by atoms with van der Waals surface area (Å²) in [6, 6.07) is 4.36. The molecule has 0 heterocycles. The fraction of sp³-hybridized carbons (Fsp3) is 0.222. The molecule has 6 nitrogen and oxygen atoms in total. The zero-order chi connectivity index (χ0) is 11.3. The molecule has 0 amide bonds. The molecule has 0 saturated carbocycles. The van der Waals surface area contributed by atoms with Crippen molar-refractivity contribution in [1.29, 1.82) is 0 Å². The number of ether oxygens (including phenoxy) is 1. The van der Waals surface area contributed by atoms with Crippen LogP contribution in [0.3, 0.4) is 0 Å². The average molecular weight is 207 g/mol. The van der Waals surface area contributed by atoms with Gasteiger partial charge in [0.15, 0.2) is 0 Å². The number of azide groups is 1. The van der Waals surface area contributed by atoms with E-state index in [4.69, 9.17) is 10.6 Å². The van der Waals surface area contributed by atoms with Crippen molar-refractivity contribution in [2.75, 3.05) is 7.11 Å². The molecule has 0 unspecified atom stereocenters. The number of esters is 1. The molecule has 78 valence electrons. The minimum Gasteiger partial charge on any atom is -0.465 e. The second-order valence-corrected chi connectivity index (χ2v) is 2.73. The van der Waals surface area contributed by atoms with Crippen LogP contribution < -0.4 is 0 Å². The molecular weight excluding hydrogens is 198 g/mol. The van der Waals surface area contributed by atoms with Crippen LogP contribution in [-0.2, 0) is 11.3 Å². The van der Waals surface area contributed by atoms with E-state index < -0.39 is 5.97 Å². The van der Waals surface area contributed by atoms with Crippen molar-refractivity contribution < 1.29 is 14.6 Å². The van der Waals surface area contributed by atoms with Gasteiger partial charge < -0.3 is 9.84 Å². The summed E-state index contributed by atoms with van der Waals surface area (Å²) in [6.07, 6.45) is 0. The van der Waals surface area contributed by atoms with E-state index in [1.807, 2.05) is 0 Å². The van der Waals surface area contributed by atoms with Gasteiger partial charge in [-0.15, -0.1) is 0 Å². The third-order valence-electron chi connectivity index (χ3n) is 1.74. The van der Waals surface area contributed by atoms with Crippen LogP contribution in [0.15, 0.2) is 23.3 Å². The van der Waals surface area contributed by atoms with Gasteiger partial charge in [0.2, 0.25) is 0 Å². The van der Waals surface area contributed by atoms with E-state index in [1.54, 1.807) is 0 Å². The van der Waals surface area contributed by atoms with Crippen LogP contribution in [-0.4, -0.2) is 18.2 Å². The lowest BCUT2D eigenvalue weighted by Crippen LogP contribution is -2.01. The summed E-state index contributed by atoms with van der Waals surface area (Å²) in [5.41, 5.74) is 9.25. The summed E-state index contributed by atoms with van der Waals surface area (Å²) < 4.78 is 4.51. The number of benzene rings is 1. The lowest BCUT2D eigenvalue weighted by molar-refractivity contribution is 0.0600. The van der Waals surface area contributed by atoms with Crippen LogP contribution in [0.1, 0.15) is 15.9 Å². The molecule has 6 heteroatoms. The summed E-state index contributed by atoms with van der Waals surface area (Å²) in [6.45, 7) is -0.237. The molecule has 0 bridgehead atoms. The Hall–Kier alpha value is -2.04. The van der Waals surface area contributed by atoms with E-state index in [2.05, 4.69) is 14.8 Å². The van der Waals surface area contributed by atoms with Gasteiger partial charge in [0, 0.05) is 10.6 Å². The number of aliphatic hydroxyl groups excluding tert-OH is 1. The van der Waals surface area contributed by atoms with Crippen molar-refractivity contribution in [3.63, 3.8) is 0 Å². The molecule has 0 saturated heterocycles. The van der Waals surface area contributed by atoms with Crippen molar-refractivity contribution in [1.82, 2.24) is 0 Å². The van der Waals surface area contributed by atoms with E-state index in [-0.39, 0.29) is 17.9 Å². The highest BCUT2D eigenvalue weighted by Gasteiger charge is 2.07. The quantitative estimate of drug-likeness (QED) is 0.355. The second kappa shape index (κ2) is 4.99. The smallest absolute Gasteiger partial charge is 0.337 e. The maximum atomic E-state index is 11.2. The number of carbonyl (C=O) groups is 1. The van der Waals surface area contributed by atoms with Gasteiger partial charge in [0.05, 0.1) is 19.3 Å². The first-order valence-electron chi connectivity index (χ1n) is 4.09. The number of aliphatic hydroxyl groups is 1. The number of hydrogen-bond donors (Lipinski definition) is 1. The van der Waals surface area contributed by atoms with Gasteiger partial charge in [-0.25, -0.2) is 4.79 Å². The van der Waals surface area contributed by atoms with E-state index in [1.165, 1.54) is 25.3 Å². The van der Waals surface area contributed by atoms with Gasteiger partial charge >= 0.3 is 5.97 Å². The normalized spacial score (nSPS) is 9.20. The highest BCUT2D eigenvalue weighted by molar-refractivity contribution is 5.90. The van der Waals surface area contributed by atoms with Crippen LogP contribution in [0.25, 0.3) is 10.4 Å². The Balaban J connectivity index is 3.22. The Labute approximate surface area is 85.7 Å². The predicted molar refractivity (Wildman–Crippen MR) is 52.5 cm³/mol. The molecule has 0 atom stereocenters. The van der Waals surface area contributed by atoms with Gasteiger partial charge in [-0.05, 0) is 29.3 Å². The Bertz CT molecular complexity index is 425. The van der Waals surface area contributed by atoms with Crippen LogP contribution >= 0.6 is 0 Å². The average Bonchev–Trinajstić information content (AvgIpc) is 2.28. The van der Waals surface area contributed by atoms with Crippen LogP contribution in [0.2, 0.25) is 0 Å². The van der Waals surface area contributed by atoms with Crippen molar-refractivity contribution in [2.24, 2.45) is 5.11 Å². The second-order valence-electron chi connectivity index (χ2n) is 2.73. The monoisotopic (exact) mass is 207 g/mol. The number of hydrogen-bond acceptors (Lipinski definition) is 4. The Morgan fingerprint density at radius 2 is 2.33 bits per heavy atom. The Morgan fingerprint density at radius 1 is 1.60 bits per heavy atom. The molecule has 0 spiro atoms. The zero-order valence-electron chi connectivity index (χ0n) is 8.04. The van der Waals surface area contributed by atoms with E-state index in [9.17, 15) is 4.79 Å². The van der Waals surface area contributed by atoms with Gasteiger partial charge in [0.1, 0.15) is 0 Å². The number of rotatable bonds is 3. The molecule has 0 aliphatic carbocycles. The SMILES string of the molecule is COC(=O)c1cc(CO)cc(N=[N+]=[N-])c1. The summed E-state index contributed by atoms with van der Waals surface area (Å²) in [5, 5.41) is 12.3. The van der Waals surface area contributed by atoms with Crippen molar-refractivity contribution in [2.45, 2.75) is 6.61 Å². The number of carbonyl (C=O) groups excluding carboxylic acids is 1. The topological polar surface area (TPSA) is 95.3 Å². The molecule has 1 rings (SSSR count). The van der Waals surface area contributed by atoms with Crippen molar-refractivity contribution in [3.8, 4) is 0 Å². The predicted octanol–water partition coefficient (Wildman–Crippen LogP) is 1.91. The molecule has 1 aromatic rings. The summed E-state index contributed by atoms with van der Waals surface area (Å²) in [4.78, 5) is 13.8. The minimum absolute atomic E-state index is 0.237. The maximum Gasteiger partial charge on any atom is 0.337 e. The molecule has 0 aliphatic rings. The van der Waals surface area contributed by atoms with Crippen molar-refractivity contribution in [3.05, 3.63) is 39.8 Å². The zero-order valence-corrected chi connectivity index (χ0v) is 8.04. The third-order valence-corrected chi connectivity index (χ3v) is 1.74. The van der Waals surface area contributed by atoms with Gasteiger partial charge in [-0.1, -0.05) is 5.11 Å². The lowest BCUT2D eigenvalue weighted by Gasteiger charge is -2.03. The molecular formula is C9H9N3O3. The van der Waals surface area contributed by atoms with E-state index in [0.29, 0.717) is 5.56 Å². The standard InChI is InChI=1S/C9H9N3O3/c1-15-9(14)7-2-6(5-13)3-8(4-7)11-12-10/h2-4,13H,5H2,1H3. The highest BCUT2D eigenvalue weighted by atomic mass is 16.5. The molecule has 0 aliphatic heterocycles. The summed E-state index contributed by atoms with van der Waals surface area (Å²) in [5.74, 6) is -0.542. The van der Waals surface area contributed by atoms with Gasteiger partial charge in [-0.3, -0.25) is 0 Å². The molecule has 0 aromatic heterocycles. The molecule has 1 aromatic carbocycles. The largest absolute Gasteiger partial charge is 0.465 e. The van der Waals surface area contributed by atoms with Gasteiger partial charge in [0.25, 0.3) is 0 Å². The molecule has 15 heavy (non-hydrogen) atoms. The van der Waals surface area contributed by atoms with Crippen LogP contribution in [0.4, 0.5) is 5.69 Å². The number of nitrogens with zero attached hydrogens (tertiary/aromatic N) is 3. The van der Waals surface area contributed by atoms with E-state index in [0.717, 1.165) is 0 Å². The molecule has 0 fully saturated rings. The fourth-order valence-electron chi connectivity index (χ4n) is 1.11.